The molecular formula is C19H26IN5OS. The van der Waals surface area contributed by atoms with E-state index in [-0.39, 0.29) is 35.9 Å². The number of aromatic nitrogens is 1. The molecule has 0 spiro atoms. The van der Waals surface area contributed by atoms with Gasteiger partial charge in [0, 0.05) is 49.7 Å². The maximum absolute atomic E-state index is 12.3. The Kier molecular flexibility index (Phi) is 8.49. The van der Waals surface area contributed by atoms with E-state index >= 15 is 0 Å². The van der Waals surface area contributed by atoms with E-state index < -0.39 is 0 Å². The van der Waals surface area contributed by atoms with Crippen LogP contribution in [0.5, 0.6) is 0 Å². The van der Waals surface area contributed by atoms with E-state index in [1.165, 1.54) is 5.01 Å². The summed E-state index contributed by atoms with van der Waals surface area (Å²) in [6.45, 7) is 3.49. The number of nitrogens with one attached hydrogen (secondary N) is 2. The zero-order chi connectivity index (χ0) is 18.4. The van der Waals surface area contributed by atoms with Gasteiger partial charge in [0.15, 0.2) is 5.96 Å². The molecule has 1 aliphatic rings. The largest absolute Gasteiger partial charge is 0.356 e. The first-order valence-corrected chi connectivity index (χ1v) is 9.77. The number of thiazole rings is 1. The Morgan fingerprint density at radius 2 is 2.15 bits per heavy atom. The maximum atomic E-state index is 12.3. The summed E-state index contributed by atoms with van der Waals surface area (Å²) in [7, 11) is 1.76. The van der Waals surface area contributed by atoms with Crippen molar-refractivity contribution in [3.05, 3.63) is 46.4 Å². The molecular weight excluding hydrogens is 473 g/mol. The molecule has 0 bridgehead atoms. The zero-order valence-electron chi connectivity index (χ0n) is 15.6. The molecule has 2 heterocycles. The molecule has 0 aliphatic carbocycles. The molecule has 1 aromatic carbocycles. The van der Waals surface area contributed by atoms with Crippen LogP contribution in [0, 0.1) is 6.92 Å². The first-order valence-electron chi connectivity index (χ1n) is 8.89. The third kappa shape index (κ3) is 6.17. The second kappa shape index (κ2) is 10.6. The first-order chi connectivity index (χ1) is 12.7. The SMILES string of the molecule is CN=C(NCCCc1nc(C)cs1)NC1CC(=O)N(c2ccccc2)C1.I. The smallest absolute Gasteiger partial charge is 0.229 e. The summed E-state index contributed by atoms with van der Waals surface area (Å²) in [5, 5.41) is 9.95. The number of guanidine groups is 1. The van der Waals surface area contributed by atoms with Crippen LogP contribution in [0.4, 0.5) is 5.69 Å². The predicted octanol–water partition coefficient (Wildman–Crippen LogP) is 2.97. The van der Waals surface area contributed by atoms with Crippen molar-refractivity contribution in [3.8, 4) is 0 Å². The van der Waals surface area contributed by atoms with Gasteiger partial charge < -0.3 is 15.5 Å². The number of amides is 1. The maximum Gasteiger partial charge on any atom is 0.229 e. The van der Waals surface area contributed by atoms with Gasteiger partial charge in [0.05, 0.1) is 11.0 Å². The lowest BCUT2D eigenvalue weighted by Gasteiger charge is -2.19. The van der Waals surface area contributed by atoms with Crippen LogP contribution in [-0.4, -0.2) is 43.0 Å². The Morgan fingerprint density at radius 3 is 2.81 bits per heavy atom. The topological polar surface area (TPSA) is 69.6 Å². The Hall–Kier alpha value is -1.68. The van der Waals surface area contributed by atoms with Crippen molar-refractivity contribution >= 4 is 52.9 Å². The van der Waals surface area contributed by atoms with Crippen LogP contribution in [0.25, 0.3) is 0 Å². The number of halogens is 1. The van der Waals surface area contributed by atoms with Gasteiger partial charge in [-0.3, -0.25) is 9.79 Å². The minimum atomic E-state index is 0. The van der Waals surface area contributed by atoms with Crippen molar-refractivity contribution in [2.24, 2.45) is 4.99 Å². The van der Waals surface area contributed by atoms with Crippen LogP contribution in [0.2, 0.25) is 0 Å². The molecule has 1 aromatic heterocycles. The number of carbonyl (C=O) groups excluding carboxylic acids is 1. The average molecular weight is 499 g/mol. The molecule has 2 aromatic rings. The van der Waals surface area contributed by atoms with Gasteiger partial charge >= 0.3 is 0 Å². The van der Waals surface area contributed by atoms with Crippen LogP contribution in [0.3, 0.4) is 0 Å². The molecule has 146 valence electrons. The molecule has 1 amide bonds. The summed E-state index contributed by atoms with van der Waals surface area (Å²) in [6.07, 6.45) is 2.44. The second-order valence-electron chi connectivity index (χ2n) is 6.37. The van der Waals surface area contributed by atoms with Crippen molar-refractivity contribution in [2.75, 3.05) is 25.0 Å². The number of hydrogen-bond donors (Lipinski definition) is 2. The summed E-state index contributed by atoms with van der Waals surface area (Å²) >= 11 is 1.71. The van der Waals surface area contributed by atoms with Gasteiger partial charge in [-0.1, -0.05) is 18.2 Å². The van der Waals surface area contributed by atoms with E-state index in [4.69, 9.17) is 0 Å². The van der Waals surface area contributed by atoms with Crippen molar-refractivity contribution in [1.82, 2.24) is 15.6 Å². The monoisotopic (exact) mass is 499 g/mol. The van der Waals surface area contributed by atoms with E-state index in [0.29, 0.717) is 13.0 Å². The van der Waals surface area contributed by atoms with Crippen LogP contribution in [0.15, 0.2) is 40.7 Å². The van der Waals surface area contributed by atoms with E-state index in [1.54, 1.807) is 18.4 Å². The number of para-hydroxylation sites is 1. The molecule has 0 radical (unpaired) electrons. The van der Waals surface area contributed by atoms with Crippen molar-refractivity contribution < 1.29 is 4.79 Å². The van der Waals surface area contributed by atoms with Gasteiger partial charge in [0.2, 0.25) is 5.91 Å². The average Bonchev–Trinajstić information content (AvgIpc) is 3.23. The number of rotatable bonds is 6. The van der Waals surface area contributed by atoms with Gasteiger partial charge in [-0.15, -0.1) is 35.3 Å². The molecule has 1 saturated heterocycles. The highest BCUT2D eigenvalue weighted by atomic mass is 127. The third-order valence-corrected chi connectivity index (χ3v) is 5.31. The first kappa shape index (κ1) is 21.6. The highest BCUT2D eigenvalue weighted by molar-refractivity contribution is 14.0. The summed E-state index contributed by atoms with van der Waals surface area (Å²) in [5.74, 6) is 0.885. The molecule has 27 heavy (non-hydrogen) atoms. The molecule has 0 saturated carbocycles. The fraction of sp³-hybridized carbons (Fsp3) is 0.421. The number of aliphatic imine (C=N–C) groups is 1. The highest BCUT2D eigenvalue weighted by Gasteiger charge is 2.30. The van der Waals surface area contributed by atoms with Gasteiger partial charge in [-0.25, -0.2) is 4.98 Å². The number of benzene rings is 1. The number of aryl methyl sites for hydroxylation is 2. The summed E-state index contributed by atoms with van der Waals surface area (Å²) in [5.41, 5.74) is 2.03. The van der Waals surface area contributed by atoms with Crippen LogP contribution in [-0.2, 0) is 11.2 Å². The van der Waals surface area contributed by atoms with E-state index in [1.807, 2.05) is 42.2 Å². The highest BCUT2D eigenvalue weighted by Crippen LogP contribution is 2.20. The van der Waals surface area contributed by atoms with Crippen molar-refractivity contribution in [3.63, 3.8) is 0 Å². The lowest BCUT2D eigenvalue weighted by atomic mass is 10.2. The molecule has 1 unspecified atom stereocenters. The number of carbonyl (C=O) groups is 1. The molecule has 6 nitrogen and oxygen atoms in total. The van der Waals surface area contributed by atoms with E-state index in [2.05, 4.69) is 26.0 Å². The van der Waals surface area contributed by atoms with Crippen LogP contribution < -0.4 is 15.5 Å². The normalized spacial score (nSPS) is 17.0. The lowest BCUT2D eigenvalue weighted by molar-refractivity contribution is -0.117. The fourth-order valence-corrected chi connectivity index (χ4v) is 3.83. The summed E-state index contributed by atoms with van der Waals surface area (Å²) in [6, 6.07) is 9.86. The van der Waals surface area contributed by atoms with Gasteiger partial charge in [0.25, 0.3) is 0 Å². The Labute approximate surface area is 181 Å². The molecule has 1 atom stereocenters. The van der Waals surface area contributed by atoms with Gasteiger partial charge in [-0.2, -0.15) is 0 Å². The van der Waals surface area contributed by atoms with Gasteiger partial charge in [0.1, 0.15) is 0 Å². The van der Waals surface area contributed by atoms with Crippen molar-refractivity contribution in [1.29, 1.82) is 0 Å². The molecule has 3 rings (SSSR count). The van der Waals surface area contributed by atoms with Gasteiger partial charge in [-0.05, 0) is 25.5 Å². The predicted molar refractivity (Wildman–Crippen MR) is 122 cm³/mol. The number of hydrogen-bond acceptors (Lipinski definition) is 4. The number of anilines is 1. The van der Waals surface area contributed by atoms with Crippen LogP contribution in [0.1, 0.15) is 23.5 Å². The molecule has 2 N–H and O–H groups in total. The summed E-state index contributed by atoms with van der Waals surface area (Å²) < 4.78 is 0. The zero-order valence-corrected chi connectivity index (χ0v) is 18.8. The lowest BCUT2D eigenvalue weighted by Crippen LogP contribution is -2.44. The van der Waals surface area contributed by atoms with E-state index in [9.17, 15) is 4.79 Å². The number of nitrogens with zero attached hydrogens (tertiary/aromatic N) is 3. The second-order valence-corrected chi connectivity index (χ2v) is 7.31. The van der Waals surface area contributed by atoms with Crippen LogP contribution >= 0.6 is 35.3 Å². The molecule has 1 aliphatic heterocycles. The third-order valence-electron chi connectivity index (χ3n) is 4.28. The summed E-state index contributed by atoms with van der Waals surface area (Å²) in [4.78, 5) is 22.9. The quantitative estimate of drug-likeness (QED) is 0.278. The molecule has 8 heteroatoms. The van der Waals surface area contributed by atoms with E-state index in [0.717, 1.165) is 36.7 Å². The Balaban J connectivity index is 0.00000261. The van der Waals surface area contributed by atoms with Crippen molar-refractivity contribution in [2.45, 2.75) is 32.2 Å². The Bertz CT molecular complexity index is 764. The molecule has 1 fully saturated rings. The minimum Gasteiger partial charge on any atom is -0.356 e. The fourth-order valence-electron chi connectivity index (χ4n) is 3.01. The minimum absolute atomic E-state index is 0. The standard InChI is InChI=1S/C19H25N5OS.HI/c1-14-13-26-17(22-14)9-6-10-21-19(20-2)23-15-11-18(25)24(12-15)16-7-4-3-5-8-16;/h3-5,7-8,13,15H,6,9-12H2,1-2H3,(H2,20,21,23);1H. The Morgan fingerprint density at radius 1 is 1.37 bits per heavy atom.